The second-order valence-corrected chi connectivity index (χ2v) is 3.77. The second kappa shape index (κ2) is 5.49. The first-order chi connectivity index (χ1) is 8.25. The van der Waals surface area contributed by atoms with E-state index in [1.54, 1.807) is 0 Å². The fourth-order valence-corrected chi connectivity index (χ4v) is 1.48. The molecule has 0 atom stereocenters. The Balaban J connectivity index is 1.70. The molecular weight excluding hydrogens is 244 g/mol. The third kappa shape index (κ3) is 3.32. The molecule has 1 amide bonds. The van der Waals surface area contributed by atoms with Gasteiger partial charge < -0.3 is 9.73 Å². The summed E-state index contributed by atoms with van der Waals surface area (Å²) in [5.41, 5.74) is 0. The topological polar surface area (TPSA) is 83.8 Å². The summed E-state index contributed by atoms with van der Waals surface area (Å²) < 4.78 is 4.97. The Kier molecular flexibility index (Phi) is 3.77. The van der Waals surface area contributed by atoms with Crippen molar-refractivity contribution >= 4 is 17.5 Å². The number of hydrogen-bond donors (Lipinski definition) is 2. The van der Waals surface area contributed by atoms with Crippen molar-refractivity contribution in [3.63, 3.8) is 0 Å². The molecule has 0 aliphatic carbocycles. The van der Waals surface area contributed by atoms with Crippen LogP contribution in [0.4, 0.5) is 0 Å². The van der Waals surface area contributed by atoms with Gasteiger partial charge in [-0.15, -0.1) is 0 Å². The maximum atomic E-state index is 11.5. The van der Waals surface area contributed by atoms with Crippen molar-refractivity contribution in [3.8, 4) is 0 Å². The number of amides is 1. The highest BCUT2D eigenvalue weighted by molar-refractivity contribution is 6.29. The molecule has 2 aromatic heterocycles. The van der Waals surface area contributed by atoms with E-state index in [2.05, 4.69) is 20.5 Å². The maximum Gasteiger partial charge on any atom is 0.287 e. The van der Waals surface area contributed by atoms with Gasteiger partial charge in [0.05, 0.1) is 0 Å². The molecule has 0 aromatic carbocycles. The number of aromatic amines is 1. The highest BCUT2D eigenvalue weighted by Gasteiger charge is 2.09. The molecule has 0 unspecified atom stereocenters. The number of nitrogens with one attached hydrogen (secondary N) is 2. The zero-order chi connectivity index (χ0) is 12.1. The zero-order valence-electron chi connectivity index (χ0n) is 8.94. The van der Waals surface area contributed by atoms with Gasteiger partial charge in [0.15, 0.2) is 11.0 Å². The Hall–Kier alpha value is -1.82. The molecule has 2 N–H and O–H groups in total. The number of halogens is 1. The van der Waals surface area contributed by atoms with E-state index in [1.807, 2.05) is 0 Å². The van der Waals surface area contributed by atoms with Gasteiger partial charge >= 0.3 is 0 Å². The van der Waals surface area contributed by atoms with E-state index in [0.29, 0.717) is 6.54 Å². The molecule has 0 spiro atoms. The van der Waals surface area contributed by atoms with Gasteiger partial charge in [0, 0.05) is 13.0 Å². The van der Waals surface area contributed by atoms with Crippen molar-refractivity contribution in [3.05, 3.63) is 35.3 Å². The number of carbonyl (C=O) groups is 1. The Bertz CT molecular complexity index is 480. The molecule has 90 valence electrons. The van der Waals surface area contributed by atoms with Crippen LogP contribution in [0.25, 0.3) is 0 Å². The maximum absolute atomic E-state index is 11.5. The first-order valence-electron chi connectivity index (χ1n) is 5.13. The fraction of sp³-hybridized carbons (Fsp3) is 0.300. The van der Waals surface area contributed by atoms with Crippen LogP contribution in [0.15, 0.2) is 22.9 Å². The molecule has 2 rings (SSSR count). The number of H-pyrrole nitrogens is 1. The molecule has 2 aromatic rings. The van der Waals surface area contributed by atoms with E-state index in [1.165, 1.54) is 18.5 Å². The monoisotopic (exact) mass is 254 g/mol. The van der Waals surface area contributed by atoms with Gasteiger partial charge in [-0.2, -0.15) is 5.10 Å². The Morgan fingerprint density at radius 2 is 2.41 bits per heavy atom. The first kappa shape index (κ1) is 11.7. The summed E-state index contributed by atoms with van der Waals surface area (Å²) >= 11 is 5.57. The number of carbonyl (C=O) groups excluding carboxylic acids is 1. The van der Waals surface area contributed by atoms with Crippen LogP contribution in [0.3, 0.4) is 0 Å². The van der Waals surface area contributed by atoms with Crippen LogP contribution in [0.1, 0.15) is 22.8 Å². The van der Waals surface area contributed by atoms with Crippen molar-refractivity contribution in [2.24, 2.45) is 0 Å². The highest BCUT2D eigenvalue weighted by atomic mass is 35.5. The van der Waals surface area contributed by atoms with Gasteiger partial charge in [0.1, 0.15) is 12.2 Å². The smallest absolute Gasteiger partial charge is 0.287 e. The Morgan fingerprint density at radius 1 is 1.53 bits per heavy atom. The normalized spacial score (nSPS) is 10.4. The van der Waals surface area contributed by atoms with Gasteiger partial charge in [-0.05, 0) is 30.2 Å². The lowest BCUT2D eigenvalue weighted by molar-refractivity contribution is 0.0925. The standard InChI is InChI=1S/C10H11ClN4O2/c11-8-4-3-7(17-8)10(16)12-5-1-2-9-13-6-14-15-9/h3-4,6H,1-2,5H2,(H,12,16)(H,13,14,15). The average Bonchev–Trinajstić information content (AvgIpc) is 2.95. The quantitative estimate of drug-likeness (QED) is 0.791. The minimum Gasteiger partial charge on any atom is -0.440 e. The van der Waals surface area contributed by atoms with Gasteiger partial charge in [0.2, 0.25) is 0 Å². The van der Waals surface area contributed by atoms with Gasteiger partial charge in [-0.25, -0.2) is 4.98 Å². The molecule has 0 fully saturated rings. The Morgan fingerprint density at radius 3 is 3.06 bits per heavy atom. The van der Waals surface area contributed by atoms with E-state index < -0.39 is 0 Å². The molecule has 6 nitrogen and oxygen atoms in total. The van der Waals surface area contributed by atoms with Crippen LogP contribution in [0.2, 0.25) is 5.22 Å². The number of rotatable bonds is 5. The largest absolute Gasteiger partial charge is 0.440 e. The lowest BCUT2D eigenvalue weighted by atomic mass is 10.3. The number of aromatic nitrogens is 3. The first-order valence-corrected chi connectivity index (χ1v) is 5.51. The van der Waals surface area contributed by atoms with Crippen LogP contribution in [-0.4, -0.2) is 27.6 Å². The van der Waals surface area contributed by atoms with Crippen LogP contribution in [-0.2, 0) is 6.42 Å². The number of hydrogen-bond acceptors (Lipinski definition) is 4. The summed E-state index contributed by atoms with van der Waals surface area (Å²) in [6.45, 7) is 0.540. The molecule has 2 heterocycles. The molecule has 0 aliphatic rings. The van der Waals surface area contributed by atoms with Gasteiger partial charge in [-0.1, -0.05) is 0 Å². The molecular formula is C10H11ClN4O2. The van der Waals surface area contributed by atoms with E-state index in [9.17, 15) is 4.79 Å². The van der Waals surface area contributed by atoms with Crippen molar-refractivity contribution < 1.29 is 9.21 Å². The summed E-state index contributed by atoms with van der Waals surface area (Å²) in [7, 11) is 0. The van der Waals surface area contributed by atoms with Crippen molar-refractivity contribution in [2.45, 2.75) is 12.8 Å². The van der Waals surface area contributed by atoms with Crippen molar-refractivity contribution in [1.29, 1.82) is 0 Å². The minimum absolute atomic E-state index is 0.205. The number of furan rings is 1. The predicted molar refractivity (Wildman–Crippen MR) is 60.8 cm³/mol. The fourth-order valence-electron chi connectivity index (χ4n) is 1.33. The predicted octanol–water partition coefficient (Wildman–Crippen LogP) is 1.41. The summed E-state index contributed by atoms with van der Waals surface area (Å²) in [5.74, 6) is 0.754. The van der Waals surface area contributed by atoms with Gasteiger partial charge in [-0.3, -0.25) is 9.89 Å². The van der Waals surface area contributed by atoms with E-state index in [-0.39, 0.29) is 16.9 Å². The number of aryl methyl sites for hydroxylation is 1. The second-order valence-electron chi connectivity index (χ2n) is 3.40. The Labute approximate surface area is 102 Å². The van der Waals surface area contributed by atoms with Gasteiger partial charge in [0.25, 0.3) is 5.91 Å². The molecule has 0 saturated carbocycles. The van der Waals surface area contributed by atoms with Crippen LogP contribution in [0, 0.1) is 0 Å². The average molecular weight is 255 g/mol. The van der Waals surface area contributed by atoms with E-state index in [0.717, 1.165) is 18.7 Å². The molecule has 0 aliphatic heterocycles. The molecule has 0 bridgehead atoms. The SMILES string of the molecule is O=C(NCCCc1ncn[nH]1)c1ccc(Cl)o1. The van der Waals surface area contributed by atoms with Crippen LogP contribution in [0.5, 0.6) is 0 Å². The third-order valence-corrected chi connectivity index (χ3v) is 2.34. The van der Waals surface area contributed by atoms with Crippen molar-refractivity contribution in [1.82, 2.24) is 20.5 Å². The van der Waals surface area contributed by atoms with Crippen LogP contribution < -0.4 is 5.32 Å². The van der Waals surface area contributed by atoms with Crippen molar-refractivity contribution in [2.75, 3.05) is 6.54 Å². The highest BCUT2D eigenvalue weighted by Crippen LogP contribution is 2.12. The lowest BCUT2D eigenvalue weighted by Gasteiger charge is -2.01. The molecule has 7 heteroatoms. The summed E-state index contributed by atoms with van der Waals surface area (Å²) in [6.07, 6.45) is 2.97. The molecule has 0 radical (unpaired) electrons. The summed E-state index contributed by atoms with van der Waals surface area (Å²) in [5, 5.41) is 9.41. The summed E-state index contributed by atoms with van der Waals surface area (Å²) in [6, 6.07) is 3.07. The molecule has 0 saturated heterocycles. The minimum atomic E-state index is -0.269. The zero-order valence-corrected chi connectivity index (χ0v) is 9.70. The summed E-state index contributed by atoms with van der Waals surface area (Å²) in [4.78, 5) is 15.5. The number of nitrogens with zero attached hydrogens (tertiary/aromatic N) is 2. The van der Waals surface area contributed by atoms with E-state index >= 15 is 0 Å². The van der Waals surface area contributed by atoms with Crippen LogP contribution >= 0.6 is 11.6 Å². The van der Waals surface area contributed by atoms with E-state index in [4.69, 9.17) is 16.0 Å². The lowest BCUT2D eigenvalue weighted by Crippen LogP contribution is -2.24. The molecule has 17 heavy (non-hydrogen) atoms. The third-order valence-electron chi connectivity index (χ3n) is 2.14.